The molecule has 1 fully saturated rings. The normalized spacial score (nSPS) is 35.1. The van der Waals surface area contributed by atoms with Crippen molar-refractivity contribution in [3.05, 3.63) is 48.0 Å². The molecule has 17 heavy (non-hydrogen) atoms. The highest BCUT2D eigenvalue weighted by Gasteiger charge is 2.37. The number of ether oxygens (including phenoxy) is 2. The van der Waals surface area contributed by atoms with Gasteiger partial charge in [-0.1, -0.05) is 49.4 Å². The summed E-state index contributed by atoms with van der Waals surface area (Å²) >= 11 is 0. The molecule has 0 radical (unpaired) electrons. The van der Waals surface area contributed by atoms with Crippen molar-refractivity contribution in [1.29, 1.82) is 0 Å². The summed E-state index contributed by atoms with van der Waals surface area (Å²) in [6.07, 6.45) is 6.19. The van der Waals surface area contributed by atoms with Crippen LogP contribution in [0, 0.1) is 5.92 Å². The van der Waals surface area contributed by atoms with Crippen molar-refractivity contribution in [2.24, 2.45) is 5.92 Å². The standard InChI is InChI=1S/C15H18O2/c1-11-14-8-7-13(17-14)9-15(11)16-10-12-5-3-2-4-6-12/h2-8,11,13-15H,9-10H2,1H3/t11-,13-,14+,15-/m1/s1. The largest absolute Gasteiger partial charge is 0.373 e. The van der Waals surface area contributed by atoms with E-state index >= 15 is 0 Å². The zero-order valence-corrected chi connectivity index (χ0v) is 10.1. The molecule has 2 aliphatic heterocycles. The monoisotopic (exact) mass is 230 g/mol. The lowest BCUT2D eigenvalue weighted by molar-refractivity contribution is -0.112. The van der Waals surface area contributed by atoms with Crippen molar-refractivity contribution in [2.45, 2.75) is 38.3 Å². The first-order chi connectivity index (χ1) is 8.33. The van der Waals surface area contributed by atoms with Crippen LogP contribution in [0.15, 0.2) is 42.5 Å². The van der Waals surface area contributed by atoms with Crippen molar-refractivity contribution < 1.29 is 9.47 Å². The van der Waals surface area contributed by atoms with Crippen LogP contribution in [0.1, 0.15) is 18.9 Å². The van der Waals surface area contributed by atoms with E-state index in [9.17, 15) is 0 Å². The molecule has 3 rings (SSSR count). The second-order valence-electron chi connectivity index (χ2n) is 4.95. The van der Waals surface area contributed by atoms with Crippen molar-refractivity contribution in [3.63, 3.8) is 0 Å². The second-order valence-corrected chi connectivity index (χ2v) is 4.95. The number of fused-ring (bicyclic) bond motifs is 2. The van der Waals surface area contributed by atoms with Gasteiger partial charge in [0.25, 0.3) is 0 Å². The molecule has 90 valence electrons. The van der Waals surface area contributed by atoms with Crippen LogP contribution in [-0.2, 0) is 16.1 Å². The van der Waals surface area contributed by atoms with Gasteiger partial charge in [0.2, 0.25) is 0 Å². The highest BCUT2D eigenvalue weighted by Crippen LogP contribution is 2.33. The Morgan fingerprint density at radius 2 is 2.06 bits per heavy atom. The van der Waals surface area contributed by atoms with Crippen LogP contribution in [0.5, 0.6) is 0 Å². The summed E-state index contributed by atoms with van der Waals surface area (Å²) in [6.45, 7) is 2.92. The summed E-state index contributed by atoms with van der Waals surface area (Å²) in [5.74, 6) is 0.453. The molecule has 0 aliphatic carbocycles. The zero-order valence-electron chi connectivity index (χ0n) is 10.1. The maximum atomic E-state index is 6.04. The Balaban J connectivity index is 1.59. The molecule has 0 spiro atoms. The molecule has 0 amide bonds. The highest BCUT2D eigenvalue weighted by molar-refractivity contribution is 5.14. The quantitative estimate of drug-likeness (QED) is 0.743. The predicted molar refractivity (Wildman–Crippen MR) is 66.6 cm³/mol. The van der Waals surface area contributed by atoms with Crippen LogP contribution in [0.25, 0.3) is 0 Å². The van der Waals surface area contributed by atoms with Crippen LogP contribution in [0.2, 0.25) is 0 Å². The molecule has 0 saturated carbocycles. The Bertz CT molecular complexity index is 399. The Hall–Kier alpha value is -1.12. The van der Waals surface area contributed by atoms with Gasteiger partial charge in [-0.05, 0) is 5.56 Å². The van der Waals surface area contributed by atoms with Gasteiger partial charge in [0.15, 0.2) is 0 Å². The molecule has 2 heterocycles. The lowest BCUT2D eigenvalue weighted by Crippen LogP contribution is -2.39. The Kier molecular flexibility index (Phi) is 3.00. The minimum atomic E-state index is 0.259. The van der Waals surface area contributed by atoms with E-state index in [4.69, 9.17) is 9.47 Å². The Labute approximate surface area is 102 Å². The molecule has 2 nitrogen and oxygen atoms in total. The smallest absolute Gasteiger partial charge is 0.0815 e. The molecular formula is C15H18O2. The van der Waals surface area contributed by atoms with Gasteiger partial charge in [-0.3, -0.25) is 0 Å². The molecule has 4 atom stereocenters. The molecule has 2 heteroatoms. The summed E-state index contributed by atoms with van der Waals surface area (Å²) in [4.78, 5) is 0. The lowest BCUT2D eigenvalue weighted by atomic mass is 9.94. The molecule has 0 unspecified atom stereocenters. The number of benzene rings is 1. The summed E-state index contributed by atoms with van der Waals surface area (Å²) in [6, 6.07) is 10.4. The van der Waals surface area contributed by atoms with E-state index in [1.807, 2.05) is 6.07 Å². The Morgan fingerprint density at radius 3 is 2.88 bits per heavy atom. The van der Waals surface area contributed by atoms with E-state index in [2.05, 4.69) is 43.3 Å². The van der Waals surface area contributed by atoms with Gasteiger partial charge in [0.1, 0.15) is 0 Å². The number of rotatable bonds is 3. The summed E-state index contributed by atoms with van der Waals surface area (Å²) < 4.78 is 11.8. The van der Waals surface area contributed by atoms with Crippen LogP contribution in [0.3, 0.4) is 0 Å². The highest BCUT2D eigenvalue weighted by atomic mass is 16.5. The second kappa shape index (κ2) is 4.63. The number of hydrogen-bond donors (Lipinski definition) is 0. The maximum absolute atomic E-state index is 6.04. The van der Waals surface area contributed by atoms with Crippen molar-refractivity contribution in [1.82, 2.24) is 0 Å². The fraction of sp³-hybridized carbons (Fsp3) is 0.467. The first kappa shape index (κ1) is 11.0. The van der Waals surface area contributed by atoms with Crippen LogP contribution < -0.4 is 0 Å². The van der Waals surface area contributed by atoms with Gasteiger partial charge in [0, 0.05) is 12.3 Å². The molecule has 1 aromatic carbocycles. The molecule has 0 aromatic heterocycles. The van der Waals surface area contributed by atoms with Gasteiger partial charge in [-0.15, -0.1) is 0 Å². The van der Waals surface area contributed by atoms with Crippen molar-refractivity contribution >= 4 is 0 Å². The summed E-state index contributed by atoms with van der Waals surface area (Å²) in [7, 11) is 0. The van der Waals surface area contributed by atoms with E-state index in [-0.39, 0.29) is 12.2 Å². The average Bonchev–Trinajstić information content (AvgIpc) is 2.78. The summed E-state index contributed by atoms with van der Waals surface area (Å²) in [5.41, 5.74) is 1.24. The summed E-state index contributed by atoms with van der Waals surface area (Å²) in [5, 5.41) is 0. The van der Waals surface area contributed by atoms with Gasteiger partial charge >= 0.3 is 0 Å². The van der Waals surface area contributed by atoms with Gasteiger partial charge in [-0.2, -0.15) is 0 Å². The van der Waals surface area contributed by atoms with E-state index in [1.54, 1.807) is 0 Å². The topological polar surface area (TPSA) is 18.5 Å². The zero-order chi connectivity index (χ0) is 11.7. The fourth-order valence-electron chi connectivity index (χ4n) is 2.61. The fourth-order valence-corrected chi connectivity index (χ4v) is 2.61. The molecule has 1 saturated heterocycles. The van der Waals surface area contributed by atoms with Crippen LogP contribution in [0.4, 0.5) is 0 Å². The van der Waals surface area contributed by atoms with Crippen LogP contribution >= 0.6 is 0 Å². The average molecular weight is 230 g/mol. The van der Waals surface area contributed by atoms with E-state index in [1.165, 1.54) is 5.56 Å². The van der Waals surface area contributed by atoms with E-state index in [0.717, 1.165) is 6.42 Å². The molecular weight excluding hydrogens is 212 g/mol. The van der Waals surface area contributed by atoms with Gasteiger partial charge < -0.3 is 9.47 Å². The first-order valence-electron chi connectivity index (χ1n) is 6.32. The third-order valence-electron chi connectivity index (χ3n) is 3.72. The Morgan fingerprint density at radius 1 is 1.24 bits per heavy atom. The molecule has 0 N–H and O–H groups in total. The SMILES string of the molecule is C[C@@H]1[C@@H]2C=C[C@H](C[C@H]1OCc1ccccc1)O2. The van der Waals surface area contributed by atoms with Gasteiger partial charge in [0.05, 0.1) is 24.9 Å². The third-order valence-corrected chi connectivity index (χ3v) is 3.72. The number of hydrogen-bond acceptors (Lipinski definition) is 2. The minimum Gasteiger partial charge on any atom is -0.373 e. The van der Waals surface area contributed by atoms with Crippen LogP contribution in [-0.4, -0.2) is 18.3 Å². The lowest BCUT2D eigenvalue weighted by Gasteiger charge is -2.34. The van der Waals surface area contributed by atoms with E-state index < -0.39 is 0 Å². The van der Waals surface area contributed by atoms with E-state index in [0.29, 0.717) is 18.6 Å². The molecule has 2 bridgehead atoms. The molecule has 2 aliphatic rings. The minimum absolute atomic E-state index is 0.259. The van der Waals surface area contributed by atoms with Crippen molar-refractivity contribution in [2.75, 3.05) is 0 Å². The first-order valence-corrected chi connectivity index (χ1v) is 6.32. The maximum Gasteiger partial charge on any atom is 0.0815 e. The predicted octanol–water partition coefficient (Wildman–Crippen LogP) is 2.94. The third kappa shape index (κ3) is 2.28. The van der Waals surface area contributed by atoms with Gasteiger partial charge in [-0.25, -0.2) is 0 Å². The van der Waals surface area contributed by atoms with Crippen molar-refractivity contribution in [3.8, 4) is 0 Å². The molecule has 1 aromatic rings.